The lowest BCUT2D eigenvalue weighted by atomic mass is 10.1. The zero-order chi connectivity index (χ0) is 15.7. The lowest BCUT2D eigenvalue weighted by Crippen LogP contribution is -1.93. The summed E-state index contributed by atoms with van der Waals surface area (Å²) in [4.78, 5) is 10.3. The summed E-state index contributed by atoms with van der Waals surface area (Å²) in [5.41, 5.74) is 5.59. The molecule has 1 aromatic heterocycles. The second kappa shape index (κ2) is 5.48. The highest BCUT2D eigenvalue weighted by atomic mass is 16.6. The molecule has 0 radical (unpaired) electrons. The largest absolute Gasteiger partial charge is 0.321 e. The van der Waals surface area contributed by atoms with Gasteiger partial charge in [0.05, 0.1) is 4.92 Å². The fourth-order valence-electron chi connectivity index (χ4n) is 2.49. The minimum Gasteiger partial charge on any atom is -0.321 e. The van der Waals surface area contributed by atoms with Crippen molar-refractivity contribution in [3.05, 3.63) is 82.2 Å². The molecule has 3 aromatic rings. The van der Waals surface area contributed by atoms with E-state index in [0.29, 0.717) is 0 Å². The third-order valence-corrected chi connectivity index (χ3v) is 3.74. The van der Waals surface area contributed by atoms with Crippen molar-refractivity contribution in [2.75, 3.05) is 0 Å². The van der Waals surface area contributed by atoms with Gasteiger partial charge in [-0.05, 0) is 49.7 Å². The summed E-state index contributed by atoms with van der Waals surface area (Å²) in [6.07, 6.45) is 2.06. The summed E-state index contributed by atoms with van der Waals surface area (Å²) in [5, 5.41) is 10.7. The van der Waals surface area contributed by atoms with E-state index < -0.39 is 0 Å². The normalized spacial score (nSPS) is 10.6. The lowest BCUT2D eigenvalue weighted by molar-refractivity contribution is -0.384. The average molecular weight is 292 g/mol. The number of aromatic nitrogens is 1. The molecule has 0 aliphatic rings. The van der Waals surface area contributed by atoms with Gasteiger partial charge in [-0.3, -0.25) is 10.1 Å². The van der Waals surface area contributed by atoms with Crippen molar-refractivity contribution in [2.45, 2.75) is 13.8 Å². The van der Waals surface area contributed by atoms with Gasteiger partial charge in [0.25, 0.3) is 5.69 Å². The maximum absolute atomic E-state index is 10.7. The van der Waals surface area contributed by atoms with Gasteiger partial charge < -0.3 is 4.57 Å². The van der Waals surface area contributed by atoms with Gasteiger partial charge >= 0.3 is 0 Å². The maximum atomic E-state index is 10.7. The van der Waals surface area contributed by atoms with Crippen LogP contribution in [0.4, 0.5) is 5.69 Å². The highest BCUT2D eigenvalue weighted by Crippen LogP contribution is 2.26. The minimum absolute atomic E-state index is 0.110. The van der Waals surface area contributed by atoms with E-state index in [4.69, 9.17) is 0 Å². The molecule has 4 heteroatoms. The topological polar surface area (TPSA) is 48.1 Å². The van der Waals surface area contributed by atoms with Crippen molar-refractivity contribution < 1.29 is 4.92 Å². The average Bonchev–Trinajstić information content (AvgIpc) is 2.90. The fraction of sp³-hybridized carbons (Fsp3) is 0.111. The Bertz CT molecular complexity index is 815. The summed E-state index contributed by atoms with van der Waals surface area (Å²) >= 11 is 0. The van der Waals surface area contributed by atoms with Gasteiger partial charge in [-0.2, -0.15) is 0 Å². The van der Waals surface area contributed by atoms with Crippen LogP contribution in [0.1, 0.15) is 11.3 Å². The number of nitrogens with zero attached hydrogens (tertiary/aromatic N) is 2. The number of aryl methyl sites for hydroxylation is 2. The van der Waals surface area contributed by atoms with E-state index in [0.717, 1.165) is 22.5 Å². The van der Waals surface area contributed by atoms with Crippen molar-refractivity contribution in [1.82, 2.24) is 4.57 Å². The molecule has 0 N–H and O–H groups in total. The molecule has 0 fully saturated rings. The van der Waals surface area contributed by atoms with Crippen LogP contribution in [-0.2, 0) is 0 Å². The molecular weight excluding hydrogens is 276 g/mol. The summed E-state index contributed by atoms with van der Waals surface area (Å²) in [5.74, 6) is 0. The monoisotopic (exact) mass is 292 g/mol. The number of hydrogen-bond acceptors (Lipinski definition) is 2. The Balaban J connectivity index is 1.98. The van der Waals surface area contributed by atoms with Crippen LogP contribution < -0.4 is 0 Å². The second-order valence-electron chi connectivity index (χ2n) is 5.38. The van der Waals surface area contributed by atoms with Gasteiger partial charge in [-0.1, -0.05) is 17.7 Å². The summed E-state index contributed by atoms with van der Waals surface area (Å²) in [6.45, 7) is 4.11. The molecule has 0 spiro atoms. The van der Waals surface area contributed by atoms with E-state index >= 15 is 0 Å². The van der Waals surface area contributed by atoms with Gasteiger partial charge in [0, 0.05) is 35.3 Å². The molecule has 0 saturated heterocycles. The molecule has 0 aliphatic carbocycles. The van der Waals surface area contributed by atoms with Crippen LogP contribution in [0.3, 0.4) is 0 Å². The molecule has 4 nitrogen and oxygen atoms in total. The van der Waals surface area contributed by atoms with E-state index in [1.54, 1.807) is 12.1 Å². The van der Waals surface area contributed by atoms with E-state index in [1.807, 2.05) is 0 Å². The molecule has 3 rings (SSSR count). The predicted octanol–water partition coefficient (Wildman–Crippen LogP) is 4.67. The summed E-state index contributed by atoms with van der Waals surface area (Å²) in [7, 11) is 0. The molecule has 2 aromatic carbocycles. The van der Waals surface area contributed by atoms with Crippen LogP contribution >= 0.6 is 0 Å². The SMILES string of the molecule is Cc1ccc(-n2cc(-c3ccc([N+](=O)[O-])cc3)cc2C)cc1. The quantitative estimate of drug-likeness (QED) is 0.520. The Hall–Kier alpha value is -2.88. The zero-order valence-electron chi connectivity index (χ0n) is 12.5. The van der Waals surface area contributed by atoms with Crippen LogP contribution in [0.15, 0.2) is 60.8 Å². The first-order valence-corrected chi connectivity index (χ1v) is 7.05. The fourth-order valence-corrected chi connectivity index (χ4v) is 2.49. The molecule has 0 unspecified atom stereocenters. The molecular formula is C18H16N2O2. The Kier molecular flexibility index (Phi) is 3.51. The van der Waals surface area contributed by atoms with Crippen molar-refractivity contribution >= 4 is 5.69 Å². The van der Waals surface area contributed by atoms with Gasteiger partial charge in [-0.15, -0.1) is 0 Å². The van der Waals surface area contributed by atoms with Crippen LogP contribution in [0.25, 0.3) is 16.8 Å². The van der Waals surface area contributed by atoms with Crippen LogP contribution in [-0.4, -0.2) is 9.49 Å². The maximum Gasteiger partial charge on any atom is 0.269 e. The molecule has 0 aliphatic heterocycles. The lowest BCUT2D eigenvalue weighted by Gasteiger charge is -2.06. The van der Waals surface area contributed by atoms with Gasteiger partial charge in [0.15, 0.2) is 0 Å². The molecule has 1 heterocycles. The summed E-state index contributed by atoms with van der Waals surface area (Å²) < 4.78 is 2.12. The van der Waals surface area contributed by atoms with Gasteiger partial charge in [0.2, 0.25) is 0 Å². The standard InChI is InChI=1S/C18H16N2O2/c1-13-3-7-17(8-4-13)19-12-16(11-14(19)2)15-5-9-18(10-6-15)20(21)22/h3-12H,1-2H3. The number of nitro groups is 1. The first-order valence-electron chi connectivity index (χ1n) is 7.05. The first-order chi connectivity index (χ1) is 10.5. The van der Waals surface area contributed by atoms with Crippen molar-refractivity contribution in [3.8, 4) is 16.8 Å². The second-order valence-corrected chi connectivity index (χ2v) is 5.38. The van der Waals surface area contributed by atoms with Crippen LogP contribution in [0.2, 0.25) is 0 Å². The Morgan fingerprint density at radius 2 is 1.55 bits per heavy atom. The minimum atomic E-state index is -0.382. The zero-order valence-corrected chi connectivity index (χ0v) is 12.5. The van der Waals surface area contributed by atoms with Crippen molar-refractivity contribution in [1.29, 1.82) is 0 Å². The molecule has 110 valence electrons. The van der Waals surface area contributed by atoms with E-state index in [-0.39, 0.29) is 10.6 Å². The van der Waals surface area contributed by atoms with E-state index in [1.165, 1.54) is 17.7 Å². The smallest absolute Gasteiger partial charge is 0.269 e. The molecule has 0 atom stereocenters. The molecule has 0 amide bonds. The van der Waals surface area contributed by atoms with Gasteiger partial charge in [-0.25, -0.2) is 0 Å². The van der Waals surface area contributed by atoms with Crippen molar-refractivity contribution in [2.24, 2.45) is 0 Å². The Morgan fingerprint density at radius 1 is 0.909 bits per heavy atom. The Labute approximate surface area is 128 Å². The van der Waals surface area contributed by atoms with E-state index in [9.17, 15) is 10.1 Å². The highest BCUT2D eigenvalue weighted by molar-refractivity contribution is 5.66. The Morgan fingerprint density at radius 3 is 2.14 bits per heavy atom. The predicted molar refractivity (Wildman–Crippen MR) is 87.3 cm³/mol. The number of rotatable bonds is 3. The number of hydrogen-bond donors (Lipinski definition) is 0. The first kappa shape index (κ1) is 14.1. The summed E-state index contributed by atoms with van der Waals surface area (Å²) in [6, 6.07) is 17.1. The van der Waals surface area contributed by atoms with Crippen LogP contribution in [0.5, 0.6) is 0 Å². The number of nitro benzene ring substituents is 1. The third-order valence-electron chi connectivity index (χ3n) is 3.74. The van der Waals surface area contributed by atoms with Gasteiger partial charge in [0.1, 0.15) is 0 Å². The van der Waals surface area contributed by atoms with Crippen LogP contribution in [0, 0.1) is 24.0 Å². The molecule has 0 bridgehead atoms. The van der Waals surface area contributed by atoms with Crippen molar-refractivity contribution in [3.63, 3.8) is 0 Å². The highest BCUT2D eigenvalue weighted by Gasteiger charge is 2.09. The number of non-ortho nitro benzene ring substituents is 1. The molecule has 22 heavy (non-hydrogen) atoms. The number of benzene rings is 2. The molecule has 0 saturated carbocycles. The van der Waals surface area contributed by atoms with E-state index in [2.05, 4.69) is 54.9 Å². The third kappa shape index (κ3) is 2.63.